The Kier molecular flexibility index (Phi) is 4.96. The molecule has 1 saturated heterocycles. The van der Waals surface area contributed by atoms with Crippen molar-refractivity contribution in [2.24, 2.45) is 0 Å². The van der Waals surface area contributed by atoms with Crippen LogP contribution in [0.4, 0.5) is 22.0 Å². The molecule has 3 heterocycles. The minimum Gasteiger partial charge on any atom is -0.481 e. The van der Waals surface area contributed by atoms with Crippen LogP contribution < -0.4 is 25.2 Å². The van der Waals surface area contributed by atoms with E-state index in [0.717, 1.165) is 25.2 Å². The molecule has 1 atom stereocenters. The van der Waals surface area contributed by atoms with E-state index in [0.29, 0.717) is 23.7 Å². The average Bonchev–Trinajstić information content (AvgIpc) is 2.71. The number of benzene rings is 1. The summed E-state index contributed by atoms with van der Waals surface area (Å²) < 4.78 is 5.46. The number of nitrogens with zero attached hydrogens (tertiary/aromatic N) is 4. The van der Waals surface area contributed by atoms with Gasteiger partial charge in [0.05, 0.1) is 11.9 Å². The molecule has 0 unspecified atom stereocenters. The quantitative estimate of drug-likeness (QED) is 0.837. The van der Waals surface area contributed by atoms with Gasteiger partial charge < -0.3 is 25.2 Å². The molecule has 0 spiro atoms. The van der Waals surface area contributed by atoms with E-state index >= 15 is 0 Å². The summed E-state index contributed by atoms with van der Waals surface area (Å²) in [6, 6.07) is 4.99. The second-order valence-electron chi connectivity index (χ2n) is 6.87. The van der Waals surface area contributed by atoms with Crippen molar-refractivity contribution in [2.45, 2.75) is 18.9 Å². The van der Waals surface area contributed by atoms with Crippen molar-refractivity contribution in [1.82, 2.24) is 15.3 Å². The molecule has 2 aliphatic rings. The number of amides is 3. The van der Waals surface area contributed by atoms with E-state index in [1.165, 1.54) is 0 Å². The van der Waals surface area contributed by atoms with Gasteiger partial charge in [-0.05, 0) is 25.0 Å². The lowest BCUT2D eigenvalue weighted by Gasteiger charge is -2.33. The number of hydrogen-bond donors (Lipinski definition) is 2. The van der Waals surface area contributed by atoms with Crippen LogP contribution in [0.3, 0.4) is 0 Å². The van der Waals surface area contributed by atoms with Gasteiger partial charge in [-0.15, -0.1) is 0 Å². The standard InChI is InChI=1S/C19H22N6O3/c1-24-15-5-4-13(9-16(15)28-12-18(24)26)22-19(27)23-14-3-2-8-25(11-14)17-10-20-6-7-21-17/h4-7,9-10,14H,2-3,8,11-12H2,1H3,(H2,22,23,27)/t14-/m1/s1. The number of rotatable bonds is 3. The third kappa shape index (κ3) is 3.83. The van der Waals surface area contributed by atoms with Gasteiger partial charge in [0.2, 0.25) is 0 Å². The number of nitrogens with one attached hydrogen (secondary N) is 2. The first-order chi connectivity index (χ1) is 13.6. The van der Waals surface area contributed by atoms with Crippen LogP contribution in [0, 0.1) is 0 Å². The molecule has 0 radical (unpaired) electrons. The first-order valence-corrected chi connectivity index (χ1v) is 9.22. The summed E-state index contributed by atoms with van der Waals surface area (Å²) in [5.41, 5.74) is 1.30. The number of piperidine rings is 1. The van der Waals surface area contributed by atoms with Crippen LogP contribution in [0.25, 0.3) is 0 Å². The first kappa shape index (κ1) is 18.0. The zero-order valence-corrected chi connectivity index (χ0v) is 15.6. The Morgan fingerprint density at radius 2 is 2.21 bits per heavy atom. The SMILES string of the molecule is CN1C(=O)COc2cc(NC(=O)N[C@@H]3CCCN(c4cnccn4)C3)ccc21. The van der Waals surface area contributed by atoms with Gasteiger partial charge in [-0.2, -0.15) is 0 Å². The fourth-order valence-corrected chi connectivity index (χ4v) is 3.47. The Morgan fingerprint density at radius 3 is 3.04 bits per heavy atom. The molecule has 146 valence electrons. The predicted octanol–water partition coefficient (Wildman–Crippen LogP) is 1.62. The number of likely N-dealkylation sites (N-methyl/N-ethyl adjacent to an activating group) is 1. The fourth-order valence-electron chi connectivity index (χ4n) is 3.47. The van der Waals surface area contributed by atoms with Crippen LogP contribution in [-0.4, -0.2) is 54.7 Å². The van der Waals surface area contributed by atoms with Gasteiger partial charge in [-0.3, -0.25) is 9.78 Å². The van der Waals surface area contributed by atoms with Gasteiger partial charge in [0.1, 0.15) is 11.6 Å². The van der Waals surface area contributed by atoms with Crippen LogP contribution in [-0.2, 0) is 4.79 Å². The second kappa shape index (κ2) is 7.71. The molecular weight excluding hydrogens is 360 g/mol. The second-order valence-corrected chi connectivity index (χ2v) is 6.87. The summed E-state index contributed by atoms with van der Waals surface area (Å²) >= 11 is 0. The predicted molar refractivity (Wildman–Crippen MR) is 105 cm³/mol. The topological polar surface area (TPSA) is 99.7 Å². The van der Waals surface area contributed by atoms with Crippen molar-refractivity contribution in [2.75, 3.05) is 41.9 Å². The molecule has 4 rings (SSSR count). The van der Waals surface area contributed by atoms with Crippen molar-refractivity contribution in [3.8, 4) is 5.75 Å². The number of anilines is 3. The van der Waals surface area contributed by atoms with E-state index in [4.69, 9.17) is 4.74 Å². The van der Waals surface area contributed by atoms with E-state index in [1.807, 2.05) is 0 Å². The number of urea groups is 1. The Hall–Kier alpha value is -3.36. The van der Waals surface area contributed by atoms with Gasteiger partial charge in [0, 0.05) is 50.3 Å². The molecule has 1 aromatic carbocycles. The number of ether oxygens (including phenoxy) is 1. The Labute approximate surface area is 162 Å². The normalized spacial score (nSPS) is 18.9. The lowest BCUT2D eigenvalue weighted by molar-refractivity contribution is -0.120. The summed E-state index contributed by atoms with van der Waals surface area (Å²) in [5.74, 6) is 1.29. The maximum Gasteiger partial charge on any atom is 0.319 e. The number of carbonyl (C=O) groups excluding carboxylic acids is 2. The minimum absolute atomic E-state index is 0.000558. The summed E-state index contributed by atoms with van der Waals surface area (Å²) in [6.45, 7) is 1.58. The van der Waals surface area contributed by atoms with E-state index in [-0.39, 0.29) is 24.6 Å². The average molecular weight is 382 g/mol. The summed E-state index contributed by atoms with van der Waals surface area (Å²) in [4.78, 5) is 36.2. The molecule has 0 aliphatic carbocycles. The van der Waals surface area contributed by atoms with E-state index in [9.17, 15) is 9.59 Å². The summed E-state index contributed by atoms with van der Waals surface area (Å²) in [7, 11) is 1.70. The van der Waals surface area contributed by atoms with Crippen LogP contribution in [0.15, 0.2) is 36.8 Å². The van der Waals surface area contributed by atoms with Gasteiger partial charge in [-0.25, -0.2) is 9.78 Å². The van der Waals surface area contributed by atoms with E-state index in [1.54, 1.807) is 48.7 Å². The molecule has 1 aromatic heterocycles. The van der Waals surface area contributed by atoms with Crippen LogP contribution in [0.1, 0.15) is 12.8 Å². The molecule has 3 amide bonds. The van der Waals surface area contributed by atoms with E-state index < -0.39 is 0 Å². The Morgan fingerprint density at radius 1 is 1.32 bits per heavy atom. The highest BCUT2D eigenvalue weighted by molar-refractivity contribution is 5.98. The van der Waals surface area contributed by atoms with Gasteiger partial charge >= 0.3 is 6.03 Å². The van der Waals surface area contributed by atoms with Crippen molar-refractivity contribution >= 4 is 29.1 Å². The zero-order chi connectivity index (χ0) is 19.5. The molecule has 2 aromatic rings. The summed E-state index contributed by atoms with van der Waals surface area (Å²) in [6.07, 6.45) is 6.92. The zero-order valence-electron chi connectivity index (χ0n) is 15.6. The van der Waals surface area contributed by atoms with Crippen LogP contribution in [0.5, 0.6) is 5.75 Å². The van der Waals surface area contributed by atoms with Crippen LogP contribution in [0.2, 0.25) is 0 Å². The highest BCUT2D eigenvalue weighted by Crippen LogP contribution is 2.33. The first-order valence-electron chi connectivity index (χ1n) is 9.22. The van der Waals surface area contributed by atoms with Crippen LogP contribution >= 0.6 is 0 Å². The highest BCUT2D eigenvalue weighted by Gasteiger charge is 2.24. The largest absolute Gasteiger partial charge is 0.481 e. The third-order valence-electron chi connectivity index (χ3n) is 4.93. The molecule has 0 bridgehead atoms. The Balaban J connectivity index is 1.36. The molecule has 2 aliphatic heterocycles. The van der Waals surface area contributed by atoms with Gasteiger partial charge in [0.15, 0.2) is 6.61 Å². The molecule has 28 heavy (non-hydrogen) atoms. The third-order valence-corrected chi connectivity index (χ3v) is 4.93. The lowest BCUT2D eigenvalue weighted by atomic mass is 10.1. The molecular formula is C19H22N6O3. The van der Waals surface area contributed by atoms with Gasteiger partial charge in [0.25, 0.3) is 5.91 Å². The molecule has 2 N–H and O–H groups in total. The maximum absolute atomic E-state index is 12.4. The molecule has 9 nitrogen and oxygen atoms in total. The highest BCUT2D eigenvalue weighted by atomic mass is 16.5. The fraction of sp³-hybridized carbons (Fsp3) is 0.368. The molecule has 1 fully saturated rings. The summed E-state index contributed by atoms with van der Waals surface area (Å²) in [5, 5.41) is 5.86. The number of hydrogen-bond acceptors (Lipinski definition) is 6. The van der Waals surface area contributed by atoms with Gasteiger partial charge in [-0.1, -0.05) is 0 Å². The smallest absolute Gasteiger partial charge is 0.319 e. The van der Waals surface area contributed by atoms with Crippen molar-refractivity contribution in [1.29, 1.82) is 0 Å². The Bertz CT molecular complexity index is 875. The minimum atomic E-state index is -0.272. The van der Waals surface area contributed by atoms with Crippen molar-refractivity contribution in [3.05, 3.63) is 36.8 Å². The van der Waals surface area contributed by atoms with Crippen molar-refractivity contribution < 1.29 is 14.3 Å². The number of carbonyl (C=O) groups is 2. The number of aromatic nitrogens is 2. The lowest BCUT2D eigenvalue weighted by Crippen LogP contribution is -2.49. The molecule has 0 saturated carbocycles. The molecule has 9 heteroatoms. The number of fused-ring (bicyclic) bond motifs is 1. The maximum atomic E-state index is 12.4. The monoisotopic (exact) mass is 382 g/mol. The van der Waals surface area contributed by atoms with E-state index in [2.05, 4.69) is 25.5 Å². The van der Waals surface area contributed by atoms with Crippen molar-refractivity contribution in [3.63, 3.8) is 0 Å².